The molecular formula is C14H19N5O2S. The lowest BCUT2D eigenvalue weighted by Gasteiger charge is -2.27. The van der Waals surface area contributed by atoms with Crippen molar-refractivity contribution >= 4 is 22.2 Å². The van der Waals surface area contributed by atoms with Crippen molar-refractivity contribution in [3.05, 3.63) is 33.7 Å². The molecule has 0 saturated carbocycles. The van der Waals surface area contributed by atoms with Gasteiger partial charge in [0, 0.05) is 50.5 Å². The number of carbonyl (C=O) groups is 1. The van der Waals surface area contributed by atoms with Crippen molar-refractivity contribution in [3.63, 3.8) is 0 Å². The Balaban J connectivity index is 1.52. The highest BCUT2D eigenvalue weighted by molar-refractivity contribution is 7.15. The summed E-state index contributed by atoms with van der Waals surface area (Å²) in [6.45, 7) is 5.67. The number of thiazole rings is 1. The number of piperazine rings is 1. The Morgan fingerprint density at radius 1 is 1.41 bits per heavy atom. The molecule has 0 aromatic carbocycles. The average molecular weight is 321 g/mol. The van der Waals surface area contributed by atoms with Gasteiger partial charge in [-0.25, -0.2) is 4.98 Å². The molecule has 0 atom stereocenters. The fraction of sp³-hybridized carbons (Fsp3) is 0.500. The third-order valence-corrected chi connectivity index (χ3v) is 4.50. The Hall–Kier alpha value is -1.77. The van der Waals surface area contributed by atoms with Crippen LogP contribution < -0.4 is 16.2 Å². The topological polar surface area (TPSA) is 78.7 Å². The normalized spacial score (nSPS) is 16.0. The van der Waals surface area contributed by atoms with Gasteiger partial charge in [-0.1, -0.05) is 0 Å². The van der Waals surface area contributed by atoms with Gasteiger partial charge >= 0.3 is 0 Å². The summed E-state index contributed by atoms with van der Waals surface area (Å²) in [5.74, 6) is -0.349. The van der Waals surface area contributed by atoms with Gasteiger partial charge < -0.3 is 15.5 Å². The summed E-state index contributed by atoms with van der Waals surface area (Å²) in [5.41, 5.74) is -0.219. The number of hydrogen-bond acceptors (Lipinski definition) is 6. The van der Waals surface area contributed by atoms with E-state index in [4.69, 9.17) is 0 Å². The molecule has 1 fully saturated rings. The highest BCUT2D eigenvalue weighted by Crippen LogP contribution is 2.05. The van der Waals surface area contributed by atoms with Gasteiger partial charge in [0.05, 0.1) is 0 Å². The molecule has 7 nitrogen and oxygen atoms in total. The third-order valence-electron chi connectivity index (χ3n) is 3.73. The lowest BCUT2D eigenvalue weighted by molar-refractivity contribution is 0.0949. The van der Waals surface area contributed by atoms with Gasteiger partial charge in [-0.05, 0) is 13.0 Å². The smallest absolute Gasteiger partial charge is 0.271 e. The number of fused-ring (bicyclic) bond motifs is 1. The fourth-order valence-corrected chi connectivity index (χ4v) is 3.19. The first-order valence-corrected chi connectivity index (χ1v) is 8.30. The summed E-state index contributed by atoms with van der Waals surface area (Å²) in [7, 11) is 0. The van der Waals surface area contributed by atoms with Crippen LogP contribution in [0.5, 0.6) is 0 Å². The van der Waals surface area contributed by atoms with Gasteiger partial charge in [0.25, 0.3) is 11.5 Å². The van der Waals surface area contributed by atoms with E-state index in [1.165, 1.54) is 21.9 Å². The van der Waals surface area contributed by atoms with E-state index in [0.717, 1.165) is 39.1 Å². The molecule has 22 heavy (non-hydrogen) atoms. The van der Waals surface area contributed by atoms with Crippen LogP contribution in [0.15, 0.2) is 22.6 Å². The number of carbonyl (C=O) groups excluding carboxylic acids is 1. The Kier molecular flexibility index (Phi) is 4.81. The molecule has 0 spiro atoms. The molecule has 118 valence electrons. The van der Waals surface area contributed by atoms with E-state index < -0.39 is 0 Å². The first kappa shape index (κ1) is 15.1. The predicted molar refractivity (Wildman–Crippen MR) is 85.6 cm³/mol. The minimum atomic E-state index is -0.349. The quantitative estimate of drug-likeness (QED) is 0.745. The molecule has 2 N–H and O–H groups in total. The van der Waals surface area contributed by atoms with E-state index in [1.807, 2.05) is 0 Å². The number of nitrogens with zero attached hydrogens (tertiary/aromatic N) is 3. The van der Waals surface area contributed by atoms with Crippen molar-refractivity contribution in [2.45, 2.75) is 6.42 Å². The second kappa shape index (κ2) is 6.99. The fourth-order valence-electron chi connectivity index (χ4n) is 2.51. The number of amides is 1. The van der Waals surface area contributed by atoms with E-state index in [9.17, 15) is 9.59 Å². The summed E-state index contributed by atoms with van der Waals surface area (Å²) < 4.78 is 1.40. The zero-order valence-electron chi connectivity index (χ0n) is 12.2. The molecule has 0 unspecified atom stereocenters. The van der Waals surface area contributed by atoms with Gasteiger partial charge in [-0.15, -0.1) is 11.3 Å². The Morgan fingerprint density at radius 3 is 3.05 bits per heavy atom. The zero-order valence-corrected chi connectivity index (χ0v) is 13.1. The standard InChI is InChI=1S/C14H19N5O2S/c20-12(16-2-1-5-18-6-3-15-4-7-18)11-10-17-14-19(13(11)21)8-9-22-14/h8-10,15H,1-7H2,(H,16,20). The van der Waals surface area contributed by atoms with E-state index in [0.29, 0.717) is 11.5 Å². The van der Waals surface area contributed by atoms with Crippen molar-refractivity contribution in [1.82, 2.24) is 24.9 Å². The molecule has 0 radical (unpaired) electrons. The van der Waals surface area contributed by atoms with Crippen molar-refractivity contribution < 1.29 is 4.79 Å². The van der Waals surface area contributed by atoms with Gasteiger partial charge in [0.15, 0.2) is 4.96 Å². The van der Waals surface area contributed by atoms with Gasteiger partial charge in [0.2, 0.25) is 0 Å². The molecule has 2 aromatic rings. The summed E-state index contributed by atoms with van der Waals surface area (Å²) in [6.07, 6.45) is 3.87. The predicted octanol–water partition coefficient (Wildman–Crippen LogP) is -0.219. The summed E-state index contributed by atoms with van der Waals surface area (Å²) in [6, 6.07) is 0. The van der Waals surface area contributed by atoms with E-state index in [1.54, 1.807) is 11.6 Å². The van der Waals surface area contributed by atoms with E-state index in [-0.39, 0.29) is 17.0 Å². The largest absolute Gasteiger partial charge is 0.352 e. The second-order valence-corrected chi connectivity index (χ2v) is 6.11. The van der Waals surface area contributed by atoms with Crippen LogP contribution in [-0.2, 0) is 0 Å². The van der Waals surface area contributed by atoms with E-state index in [2.05, 4.69) is 20.5 Å². The van der Waals surface area contributed by atoms with Crippen LogP contribution in [0.25, 0.3) is 4.96 Å². The Labute approximate surface area is 132 Å². The van der Waals surface area contributed by atoms with Gasteiger partial charge in [0.1, 0.15) is 5.56 Å². The maximum Gasteiger partial charge on any atom is 0.271 e. The zero-order chi connectivity index (χ0) is 15.4. The molecule has 1 saturated heterocycles. The molecule has 3 heterocycles. The number of hydrogen-bond donors (Lipinski definition) is 2. The highest BCUT2D eigenvalue weighted by Gasteiger charge is 2.14. The third kappa shape index (κ3) is 3.34. The molecule has 1 aliphatic rings. The van der Waals surface area contributed by atoms with Gasteiger partial charge in [-0.3, -0.25) is 14.0 Å². The van der Waals surface area contributed by atoms with Crippen molar-refractivity contribution in [1.29, 1.82) is 0 Å². The average Bonchev–Trinajstić information content (AvgIpc) is 3.02. The number of aromatic nitrogens is 2. The molecule has 8 heteroatoms. The molecule has 0 aliphatic carbocycles. The minimum Gasteiger partial charge on any atom is -0.352 e. The number of rotatable bonds is 5. The van der Waals surface area contributed by atoms with Crippen LogP contribution in [0.2, 0.25) is 0 Å². The molecular weight excluding hydrogens is 302 g/mol. The SMILES string of the molecule is O=C(NCCCN1CCNCC1)c1cnc2sccn2c1=O. The van der Waals surface area contributed by atoms with Crippen LogP contribution in [0, 0.1) is 0 Å². The first-order chi connectivity index (χ1) is 10.8. The first-order valence-electron chi connectivity index (χ1n) is 7.42. The maximum absolute atomic E-state index is 12.2. The highest BCUT2D eigenvalue weighted by atomic mass is 32.1. The Morgan fingerprint density at radius 2 is 2.23 bits per heavy atom. The van der Waals surface area contributed by atoms with Crippen LogP contribution in [0.4, 0.5) is 0 Å². The lowest BCUT2D eigenvalue weighted by Crippen LogP contribution is -2.44. The molecule has 1 aliphatic heterocycles. The lowest BCUT2D eigenvalue weighted by atomic mass is 10.3. The molecule has 3 rings (SSSR count). The monoisotopic (exact) mass is 321 g/mol. The van der Waals surface area contributed by atoms with Crippen molar-refractivity contribution in [3.8, 4) is 0 Å². The second-order valence-electron chi connectivity index (χ2n) is 5.23. The Bertz CT molecular complexity index is 705. The van der Waals surface area contributed by atoms with Crippen LogP contribution >= 0.6 is 11.3 Å². The van der Waals surface area contributed by atoms with Gasteiger partial charge in [-0.2, -0.15) is 0 Å². The van der Waals surface area contributed by atoms with Crippen molar-refractivity contribution in [2.75, 3.05) is 39.3 Å². The van der Waals surface area contributed by atoms with Crippen LogP contribution in [-0.4, -0.2) is 59.5 Å². The molecule has 0 bridgehead atoms. The van der Waals surface area contributed by atoms with Crippen LogP contribution in [0.1, 0.15) is 16.8 Å². The minimum absolute atomic E-state index is 0.0954. The molecule has 2 aromatic heterocycles. The van der Waals surface area contributed by atoms with Crippen LogP contribution in [0.3, 0.4) is 0 Å². The summed E-state index contributed by atoms with van der Waals surface area (Å²) >= 11 is 1.37. The summed E-state index contributed by atoms with van der Waals surface area (Å²) in [4.78, 5) is 31.4. The molecule has 1 amide bonds. The number of nitrogens with one attached hydrogen (secondary N) is 2. The van der Waals surface area contributed by atoms with E-state index >= 15 is 0 Å². The summed E-state index contributed by atoms with van der Waals surface area (Å²) in [5, 5.41) is 7.89. The van der Waals surface area contributed by atoms with Crippen molar-refractivity contribution in [2.24, 2.45) is 0 Å². The maximum atomic E-state index is 12.2.